The molecule has 0 aliphatic carbocycles. The highest BCUT2D eigenvalue weighted by atomic mass is 35.5. The lowest BCUT2D eigenvalue weighted by atomic mass is 10.0. The molecule has 0 aromatic carbocycles. The van der Waals surface area contributed by atoms with Crippen molar-refractivity contribution < 1.29 is 4.74 Å². The van der Waals surface area contributed by atoms with Crippen LogP contribution in [-0.4, -0.2) is 23.6 Å². The zero-order chi connectivity index (χ0) is 14.4. The van der Waals surface area contributed by atoms with Crippen molar-refractivity contribution in [3.63, 3.8) is 0 Å². The molecule has 2 heterocycles. The Labute approximate surface area is 124 Å². The second-order valence-corrected chi connectivity index (χ2v) is 4.85. The average molecular weight is 292 g/mol. The molecule has 0 aliphatic rings. The third-order valence-corrected chi connectivity index (χ3v) is 3.33. The van der Waals surface area contributed by atoms with Crippen LogP contribution < -0.4 is 10.1 Å². The summed E-state index contributed by atoms with van der Waals surface area (Å²) in [5, 5.41) is 4.13. The number of nitrogens with one attached hydrogen (secondary N) is 1. The highest BCUT2D eigenvalue weighted by Crippen LogP contribution is 2.28. The molecule has 20 heavy (non-hydrogen) atoms. The fraction of sp³-hybridized carbons (Fsp3) is 0.333. The van der Waals surface area contributed by atoms with E-state index < -0.39 is 0 Å². The molecule has 0 aliphatic heterocycles. The monoisotopic (exact) mass is 291 g/mol. The third-order valence-electron chi connectivity index (χ3n) is 3.02. The SMILES string of the molecule is CCCNC(c1cncc(OC)c1)c1ccncc1Cl. The summed E-state index contributed by atoms with van der Waals surface area (Å²) in [5.41, 5.74) is 2.01. The number of pyridine rings is 2. The number of hydrogen-bond acceptors (Lipinski definition) is 4. The summed E-state index contributed by atoms with van der Waals surface area (Å²) in [6.07, 6.45) is 7.96. The molecule has 2 aromatic rings. The first kappa shape index (κ1) is 14.8. The predicted molar refractivity (Wildman–Crippen MR) is 80.2 cm³/mol. The number of nitrogens with zero attached hydrogens (tertiary/aromatic N) is 2. The summed E-state index contributed by atoms with van der Waals surface area (Å²) in [7, 11) is 1.63. The summed E-state index contributed by atoms with van der Waals surface area (Å²) in [5.74, 6) is 0.732. The van der Waals surface area contributed by atoms with Gasteiger partial charge in [-0.3, -0.25) is 9.97 Å². The summed E-state index contributed by atoms with van der Waals surface area (Å²) in [6, 6.07) is 3.87. The molecule has 1 unspecified atom stereocenters. The second-order valence-electron chi connectivity index (χ2n) is 4.44. The van der Waals surface area contributed by atoms with Crippen molar-refractivity contribution in [1.29, 1.82) is 0 Å². The van der Waals surface area contributed by atoms with Crippen molar-refractivity contribution in [1.82, 2.24) is 15.3 Å². The number of hydrogen-bond donors (Lipinski definition) is 1. The number of halogens is 1. The van der Waals surface area contributed by atoms with Gasteiger partial charge in [-0.1, -0.05) is 18.5 Å². The number of rotatable bonds is 6. The summed E-state index contributed by atoms with van der Waals surface area (Å²) in [6.45, 7) is 3.02. The Kier molecular flexibility index (Phi) is 5.32. The molecule has 2 aromatic heterocycles. The van der Waals surface area contributed by atoms with E-state index in [1.165, 1.54) is 0 Å². The van der Waals surface area contributed by atoms with Crippen molar-refractivity contribution in [3.8, 4) is 5.75 Å². The molecular formula is C15H18ClN3O. The van der Waals surface area contributed by atoms with Gasteiger partial charge < -0.3 is 10.1 Å². The minimum absolute atomic E-state index is 0.0203. The van der Waals surface area contributed by atoms with Gasteiger partial charge in [-0.15, -0.1) is 0 Å². The smallest absolute Gasteiger partial charge is 0.137 e. The molecule has 2 rings (SSSR count). The van der Waals surface area contributed by atoms with Gasteiger partial charge in [0, 0.05) is 18.6 Å². The Hall–Kier alpha value is -1.65. The lowest BCUT2D eigenvalue weighted by molar-refractivity contribution is 0.411. The quantitative estimate of drug-likeness (QED) is 0.888. The molecule has 1 N–H and O–H groups in total. The maximum atomic E-state index is 6.27. The Balaban J connectivity index is 2.38. The highest BCUT2D eigenvalue weighted by Gasteiger charge is 2.17. The summed E-state index contributed by atoms with van der Waals surface area (Å²) < 4.78 is 5.24. The Morgan fingerprint density at radius 2 is 2.15 bits per heavy atom. The topological polar surface area (TPSA) is 47.0 Å². The van der Waals surface area contributed by atoms with Gasteiger partial charge in [0.1, 0.15) is 5.75 Å². The van der Waals surface area contributed by atoms with Crippen LogP contribution in [0.1, 0.15) is 30.5 Å². The molecule has 4 nitrogen and oxygen atoms in total. The normalized spacial score (nSPS) is 12.2. The van der Waals surface area contributed by atoms with E-state index in [0.29, 0.717) is 5.02 Å². The van der Waals surface area contributed by atoms with Gasteiger partial charge in [0.05, 0.1) is 24.4 Å². The van der Waals surface area contributed by atoms with Gasteiger partial charge in [0.25, 0.3) is 0 Å². The maximum absolute atomic E-state index is 6.27. The minimum Gasteiger partial charge on any atom is -0.495 e. The van der Waals surface area contributed by atoms with Gasteiger partial charge in [0.15, 0.2) is 0 Å². The molecule has 0 fully saturated rings. The van der Waals surface area contributed by atoms with E-state index in [1.54, 1.807) is 25.7 Å². The lowest BCUT2D eigenvalue weighted by Crippen LogP contribution is -2.23. The van der Waals surface area contributed by atoms with Crippen molar-refractivity contribution in [3.05, 3.63) is 53.1 Å². The molecule has 106 valence electrons. The van der Waals surface area contributed by atoms with Crippen LogP contribution in [0, 0.1) is 0 Å². The maximum Gasteiger partial charge on any atom is 0.137 e. The van der Waals surface area contributed by atoms with E-state index in [4.69, 9.17) is 16.3 Å². The fourth-order valence-electron chi connectivity index (χ4n) is 2.02. The van der Waals surface area contributed by atoms with E-state index >= 15 is 0 Å². The Morgan fingerprint density at radius 3 is 2.85 bits per heavy atom. The zero-order valence-electron chi connectivity index (χ0n) is 11.6. The average Bonchev–Trinajstić information content (AvgIpc) is 2.49. The standard InChI is InChI=1S/C15H18ClN3O/c1-3-5-19-15(13-4-6-17-10-14(13)16)11-7-12(20-2)9-18-8-11/h4,6-10,15,19H,3,5H2,1-2H3. The molecule has 0 saturated carbocycles. The van der Waals surface area contributed by atoms with Crippen molar-refractivity contribution in [2.45, 2.75) is 19.4 Å². The van der Waals surface area contributed by atoms with Crippen LogP contribution in [0.5, 0.6) is 5.75 Å². The van der Waals surface area contributed by atoms with Crippen molar-refractivity contribution >= 4 is 11.6 Å². The molecule has 1 atom stereocenters. The fourth-order valence-corrected chi connectivity index (χ4v) is 2.25. The molecular weight excluding hydrogens is 274 g/mol. The van der Waals surface area contributed by atoms with Gasteiger partial charge >= 0.3 is 0 Å². The van der Waals surface area contributed by atoms with Crippen LogP contribution in [-0.2, 0) is 0 Å². The first-order valence-electron chi connectivity index (χ1n) is 6.58. The van der Waals surface area contributed by atoms with E-state index in [1.807, 2.05) is 18.3 Å². The van der Waals surface area contributed by atoms with Crippen molar-refractivity contribution in [2.75, 3.05) is 13.7 Å². The Bertz CT molecular complexity index is 562. The van der Waals surface area contributed by atoms with Crippen LogP contribution in [0.4, 0.5) is 0 Å². The van der Waals surface area contributed by atoms with Gasteiger partial charge in [-0.25, -0.2) is 0 Å². The third kappa shape index (κ3) is 3.46. The van der Waals surface area contributed by atoms with Crippen LogP contribution in [0.15, 0.2) is 36.9 Å². The van der Waals surface area contributed by atoms with Gasteiger partial charge in [-0.2, -0.15) is 0 Å². The van der Waals surface area contributed by atoms with E-state index in [-0.39, 0.29) is 6.04 Å². The summed E-state index contributed by atoms with van der Waals surface area (Å²) in [4.78, 5) is 8.25. The first-order valence-corrected chi connectivity index (χ1v) is 6.95. The van der Waals surface area contributed by atoms with Crippen LogP contribution in [0.3, 0.4) is 0 Å². The molecule has 5 heteroatoms. The largest absolute Gasteiger partial charge is 0.495 e. The van der Waals surface area contributed by atoms with Crippen LogP contribution >= 0.6 is 11.6 Å². The van der Waals surface area contributed by atoms with Crippen LogP contribution in [0.25, 0.3) is 0 Å². The van der Waals surface area contributed by atoms with E-state index in [2.05, 4.69) is 22.2 Å². The summed E-state index contributed by atoms with van der Waals surface area (Å²) >= 11 is 6.27. The highest BCUT2D eigenvalue weighted by molar-refractivity contribution is 6.31. The minimum atomic E-state index is -0.0203. The molecule has 0 amide bonds. The van der Waals surface area contributed by atoms with Gasteiger partial charge in [-0.05, 0) is 36.2 Å². The Morgan fingerprint density at radius 1 is 1.30 bits per heavy atom. The molecule has 0 spiro atoms. The number of methoxy groups -OCH3 is 1. The van der Waals surface area contributed by atoms with Crippen molar-refractivity contribution in [2.24, 2.45) is 0 Å². The molecule has 0 bridgehead atoms. The second kappa shape index (κ2) is 7.22. The predicted octanol–water partition coefficient (Wildman–Crippen LogP) is 3.23. The number of ether oxygens (including phenoxy) is 1. The zero-order valence-corrected chi connectivity index (χ0v) is 12.4. The van der Waals surface area contributed by atoms with E-state index in [0.717, 1.165) is 29.8 Å². The lowest BCUT2D eigenvalue weighted by Gasteiger charge is -2.20. The molecule has 0 saturated heterocycles. The van der Waals surface area contributed by atoms with E-state index in [9.17, 15) is 0 Å². The number of aromatic nitrogens is 2. The van der Waals surface area contributed by atoms with Gasteiger partial charge in [0.2, 0.25) is 0 Å². The van der Waals surface area contributed by atoms with Crippen LogP contribution in [0.2, 0.25) is 5.02 Å². The first-order chi connectivity index (χ1) is 9.76. The molecule has 0 radical (unpaired) electrons.